The Labute approximate surface area is 177 Å². The summed E-state index contributed by atoms with van der Waals surface area (Å²) in [5, 5.41) is 5.94. The average Bonchev–Trinajstić information content (AvgIpc) is 2.77. The molecule has 1 aliphatic heterocycles. The predicted molar refractivity (Wildman–Crippen MR) is 117 cm³/mol. The van der Waals surface area contributed by atoms with E-state index < -0.39 is 0 Å². The van der Waals surface area contributed by atoms with Crippen LogP contribution in [0.4, 0.5) is 11.4 Å². The number of nitrogens with zero attached hydrogens (tertiary/aromatic N) is 1. The van der Waals surface area contributed by atoms with Crippen molar-refractivity contribution in [1.29, 1.82) is 0 Å². The summed E-state index contributed by atoms with van der Waals surface area (Å²) in [4.78, 5) is 26.5. The van der Waals surface area contributed by atoms with Crippen LogP contribution in [0.15, 0.2) is 48.5 Å². The van der Waals surface area contributed by atoms with Crippen LogP contribution < -0.4 is 15.4 Å². The molecule has 0 radical (unpaired) electrons. The largest absolute Gasteiger partial charge is 0.493 e. The van der Waals surface area contributed by atoms with Crippen LogP contribution in [0.3, 0.4) is 0 Å². The van der Waals surface area contributed by atoms with Gasteiger partial charge in [0.15, 0.2) is 0 Å². The van der Waals surface area contributed by atoms with Gasteiger partial charge in [-0.05, 0) is 42.3 Å². The Morgan fingerprint density at radius 2 is 1.80 bits per heavy atom. The summed E-state index contributed by atoms with van der Waals surface area (Å²) in [6.45, 7) is 7.30. The van der Waals surface area contributed by atoms with Gasteiger partial charge in [0.2, 0.25) is 5.91 Å². The van der Waals surface area contributed by atoms with E-state index in [4.69, 9.17) is 9.47 Å². The maximum atomic E-state index is 12.5. The normalized spacial score (nSPS) is 13.8. The second kappa shape index (κ2) is 10.6. The van der Waals surface area contributed by atoms with E-state index in [-0.39, 0.29) is 18.4 Å². The highest BCUT2D eigenvalue weighted by atomic mass is 16.5. The molecule has 160 valence electrons. The van der Waals surface area contributed by atoms with Crippen LogP contribution in [-0.4, -0.2) is 56.2 Å². The highest BCUT2D eigenvalue weighted by Gasteiger charge is 2.18. The third-order valence-electron chi connectivity index (χ3n) is 4.58. The van der Waals surface area contributed by atoms with Gasteiger partial charge in [0.1, 0.15) is 5.75 Å². The van der Waals surface area contributed by atoms with E-state index in [0.29, 0.717) is 50.1 Å². The molecule has 1 fully saturated rings. The van der Waals surface area contributed by atoms with E-state index in [1.807, 2.05) is 24.3 Å². The van der Waals surface area contributed by atoms with Gasteiger partial charge in [-0.2, -0.15) is 0 Å². The molecule has 2 aromatic rings. The highest BCUT2D eigenvalue weighted by molar-refractivity contribution is 5.95. The number of amides is 2. The first-order valence-electron chi connectivity index (χ1n) is 10.2. The Balaban J connectivity index is 1.47. The lowest BCUT2D eigenvalue weighted by molar-refractivity contribution is -0.114. The van der Waals surface area contributed by atoms with Crippen molar-refractivity contribution in [3.63, 3.8) is 0 Å². The second-order valence-electron chi connectivity index (χ2n) is 7.62. The molecule has 0 atom stereocenters. The van der Waals surface area contributed by atoms with Crippen molar-refractivity contribution in [2.24, 2.45) is 5.92 Å². The minimum Gasteiger partial charge on any atom is -0.493 e. The summed E-state index contributed by atoms with van der Waals surface area (Å²) in [6, 6.07) is 14.5. The number of rotatable bonds is 8. The van der Waals surface area contributed by atoms with Crippen molar-refractivity contribution in [1.82, 2.24) is 4.90 Å². The Kier molecular flexibility index (Phi) is 7.68. The molecule has 0 aromatic heterocycles. The molecule has 0 spiro atoms. The number of carbonyl (C=O) groups excluding carboxylic acids is 2. The lowest BCUT2D eigenvalue weighted by atomic mass is 10.1. The molecule has 0 aliphatic carbocycles. The molecule has 7 nitrogen and oxygen atoms in total. The van der Waals surface area contributed by atoms with E-state index in [0.717, 1.165) is 11.4 Å². The van der Waals surface area contributed by atoms with Crippen molar-refractivity contribution in [3.05, 3.63) is 54.1 Å². The van der Waals surface area contributed by atoms with Crippen LogP contribution in [-0.2, 0) is 9.53 Å². The zero-order valence-electron chi connectivity index (χ0n) is 17.5. The standard InChI is InChI=1S/C23H29N3O4/c1-17(2)16-30-21-5-3-4-20(14-21)25-22(27)15-24-19-8-6-18(7-9-19)23(28)26-10-12-29-13-11-26/h3-9,14,17,24H,10-13,15-16H2,1-2H3,(H,25,27). The van der Waals surface area contributed by atoms with Crippen LogP contribution in [0.5, 0.6) is 5.75 Å². The summed E-state index contributed by atoms with van der Waals surface area (Å²) < 4.78 is 11.0. The minimum atomic E-state index is -0.163. The predicted octanol–water partition coefficient (Wildman–Crippen LogP) is 3.24. The number of morpholine rings is 1. The Morgan fingerprint density at radius 3 is 2.50 bits per heavy atom. The lowest BCUT2D eigenvalue weighted by Crippen LogP contribution is -2.40. The fourth-order valence-corrected chi connectivity index (χ4v) is 2.99. The van der Waals surface area contributed by atoms with E-state index in [9.17, 15) is 9.59 Å². The van der Waals surface area contributed by atoms with Crippen molar-refractivity contribution >= 4 is 23.2 Å². The molecular weight excluding hydrogens is 382 g/mol. The third kappa shape index (κ3) is 6.49. The zero-order valence-corrected chi connectivity index (χ0v) is 17.5. The van der Waals surface area contributed by atoms with Gasteiger partial charge in [0.25, 0.3) is 5.91 Å². The van der Waals surface area contributed by atoms with Gasteiger partial charge in [-0.25, -0.2) is 0 Å². The average molecular weight is 412 g/mol. The SMILES string of the molecule is CC(C)COc1cccc(NC(=O)CNc2ccc(C(=O)N3CCOCC3)cc2)c1. The van der Waals surface area contributed by atoms with Gasteiger partial charge < -0.3 is 25.0 Å². The first-order chi connectivity index (χ1) is 14.5. The molecule has 0 saturated carbocycles. The Morgan fingerprint density at radius 1 is 1.07 bits per heavy atom. The van der Waals surface area contributed by atoms with Crippen LogP contribution >= 0.6 is 0 Å². The number of carbonyl (C=O) groups is 2. The molecule has 30 heavy (non-hydrogen) atoms. The van der Waals surface area contributed by atoms with Gasteiger partial charge in [-0.3, -0.25) is 9.59 Å². The molecular formula is C23H29N3O4. The molecule has 1 aliphatic rings. The topological polar surface area (TPSA) is 79.9 Å². The molecule has 2 aromatic carbocycles. The Hall–Kier alpha value is -3.06. The van der Waals surface area contributed by atoms with Gasteiger partial charge in [0.05, 0.1) is 26.4 Å². The first kappa shape index (κ1) is 21.6. The summed E-state index contributed by atoms with van der Waals surface area (Å²) in [5.74, 6) is 1.00. The van der Waals surface area contributed by atoms with E-state index >= 15 is 0 Å². The quantitative estimate of drug-likeness (QED) is 0.697. The van der Waals surface area contributed by atoms with E-state index in [1.165, 1.54) is 0 Å². The molecule has 1 heterocycles. The maximum absolute atomic E-state index is 12.5. The van der Waals surface area contributed by atoms with Crippen LogP contribution in [0, 0.1) is 5.92 Å². The summed E-state index contributed by atoms with van der Waals surface area (Å²) in [5.41, 5.74) is 2.09. The number of benzene rings is 2. The van der Waals surface area contributed by atoms with Crippen LogP contribution in [0.1, 0.15) is 24.2 Å². The van der Waals surface area contributed by atoms with Gasteiger partial charge in [0, 0.05) is 36.1 Å². The van der Waals surface area contributed by atoms with E-state index in [2.05, 4.69) is 24.5 Å². The first-order valence-corrected chi connectivity index (χ1v) is 10.2. The van der Waals surface area contributed by atoms with Crippen molar-refractivity contribution in [2.45, 2.75) is 13.8 Å². The molecule has 2 amide bonds. The van der Waals surface area contributed by atoms with Crippen molar-refractivity contribution in [2.75, 3.05) is 50.1 Å². The van der Waals surface area contributed by atoms with Crippen LogP contribution in [0.2, 0.25) is 0 Å². The smallest absolute Gasteiger partial charge is 0.254 e. The molecule has 3 rings (SSSR count). The molecule has 7 heteroatoms. The molecule has 1 saturated heterocycles. The molecule has 2 N–H and O–H groups in total. The zero-order chi connectivity index (χ0) is 21.3. The van der Waals surface area contributed by atoms with Gasteiger partial charge in [-0.15, -0.1) is 0 Å². The highest BCUT2D eigenvalue weighted by Crippen LogP contribution is 2.18. The van der Waals surface area contributed by atoms with Crippen molar-refractivity contribution < 1.29 is 19.1 Å². The number of hydrogen-bond acceptors (Lipinski definition) is 5. The number of nitrogens with one attached hydrogen (secondary N) is 2. The lowest BCUT2D eigenvalue weighted by Gasteiger charge is -2.26. The van der Waals surface area contributed by atoms with Gasteiger partial charge >= 0.3 is 0 Å². The minimum absolute atomic E-state index is 0.00200. The number of ether oxygens (including phenoxy) is 2. The van der Waals surface area contributed by atoms with Gasteiger partial charge in [-0.1, -0.05) is 19.9 Å². The fourth-order valence-electron chi connectivity index (χ4n) is 2.99. The fraction of sp³-hybridized carbons (Fsp3) is 0.391. The second-order valence-corrected chi connectivity index (χ2v) is 7.62. The molecule has 0 unspecified atom stereocenters. The summed E-state index contributed by atoms with van der Waals surface area (Å²) in [7, 11) is 0. The number of anilines is 2. The molecule has 0 bridgehead atoms. The number of hydrogen-bond donors (Lipinski definition) is 2. The monoisotopic (exact) mass is 411 g/mol. The summed E-state index contributed by atoms with van der Waals surface area (Å²) >= 11 is 0. The Bertz CT molecular complexity index is 846. The van der Waals surface area contributed by atoms with E-state index in [1.54, 1.807) is 29.2 Å². The summed E-state index contributed by atoms with van der Waals surface area (Å²) in [6.07, 6.45) is 0. The van der Waals surface area contributed by atoms with Crippen molar-refractivity contribution in [3.8, 4) is 5.75 Å². The van der Waals surface area contributed by atoms with Crippen LogP contribution in [0.25, 0.3) is 0 Å². The third-order valence-corrected chi connectivity index (χ3v) is 4.58. The maximum Gasteiger partial charge on any atom is 0.254 e.